The Hall–Kier alpha value is 0.250. The molecule has 0 aromatic carbocycles. The zero-order valence-electron chi connectivity index (χ0n) is 10.6. The lowest BCUT2D eigenvalue weighted by atomic mass is 9.70. The van der Waals surface area contributed by atoms with E-state index < -0.39 is 0 Å². The van der Waals surface area contributed by atoms with E-state index in [2.05, 4.69) is 20.8 Å². The highest BCUT2D eigenvalue weighted by atomic mass is 35.5. The first-order chi connectivity index (χ1) is 7.43. The predicted octanol–water partition coefficient (Wildman–Crippen LogP) is 3.99. The first kappa shape index (κ1) is 11.3. The molecule has 0 spiro atoms. The fourth-order valence-corrected chi connectivity index (χ4v) is 4.58. The molecule has 1 nitrogen and oxygen atoms in total. The molecule has 3 aliphatic carbocycles. The Morgan fingerprint density at radius 2 is 1.81 bits per heavy atom. The Labute approximate surface area is 104 Å². The number of fused-ring (bicyclic) bond motifs is 2. The molecule has 0 heterocycles. The molecule has 3 saturated carbocycles. The summed E-state index contributed by atoms with van der Waals surface area (Å²) in [7, 11) is 0. The van der Waals surface area contributed by atoms with Crippen molar-refractivity contribution in [2.24, 2.45) is 16.7 Å². The van der Waals surface area contributed by atoms with Gasteiger partial charge in [-0.15, -0.1) is 11.6 Å². The van der Waals surface area contributed by atoms with Crippen LogP contribution in [0.2, 0.25) is 0 Å². The summed E-state index contributed by atoms with van der Waals surface area (Å²) in [6.45, 7) is 7.33. The number of hydrogen-bond donors (Lipinski definition) is 0. The third-order valence-corrected chi connectivity index (χ3v) is 6.46. The van der Waals surface area contributed by atoms with Crippen molar-refractivity contribution in [2.45, 2.75) is 70.5 Å². The molecule has 2 bridgehead atoms. The average Bonchev–Trinajstić information content (AvgIpc) is 2.48. The number of rotatable bonds is 2. The minimum absolute atomic E-state index is 0.379. The summed E-state index contributed by atoms with van der Waals surface area (Å²) >= 11 is 6.02. The van der Waals surface area contributed by atoms with Crippen LogP contribution in [-0.4, -0.2) is 17.6 Å². The van der Waals surface area contributed by atoms with Gasteiger partial charge in [0, 0.05) is 5.38 Å². The lowest BCUT2D eigenvalue weighted by molar-refractivity contribution is -0.109. The fraction of sp³-hybridized carbons (Fsp3) is 1.00. The molecule has 0 N–H and O–H groups in total. The van der Waals surface area contributed by atoms with Gasteiger partial charge in [-0.3, -0.25) is 0 Å². The van der Waals surface area contributed by atoms with Crippen molar-refractivity contribution in [3.8, 4) is 0 Å². The van der Waals surface area contributed by atoms with Crippen LogP contribution in [-0.2, 0) is 4.74 Å². The lowest BCUT2D eigenvalue weighted by Crippen LogP contribution is -2.42. The van der Waals surface area contributed by atoms with Crippen LogP contribution in [0.25, 0.3) is 0 Å². The Morgan fingerprint density at radius 3 is 2.25 bits per heavy atom. The summed E-state index contributed by atoms with van der Waals surface area (Å²) in [6, 6.07) is 0. The van der Waals surface area contributed by atoms with Crippen LogP contribution in [0.4, 0.5) is 0 Å². The first-order valence-electron chi connectivity index (χ1n) is 6.73. The maximum Gasteiger partial charge on any atom is 0.0640 e. The number of halogens is 1. The molecular weight excluding hydrogens is 220 g/mol. The van der Waals surface area contributed by atoms with Gasteiger partial charge in [-0.05, 0) is 48.9 Å². The van der Waals surface area contributed by atoms with Crippen LogP contribution in [0.1, 0.15) is 52.9 Å². The Bertz CT molecular complexity index is 295. The molecule has 3 atom stereocenters. The van der Waals surface area contributed by atoms with Crippen LogP contribution in [0.5, 0.6) is 0 Å². The molecule has 2 heteroatoms. The van der Waals surface area contributed by atoms with Crippen molar-refractivity contribution < 1.29 is 4.74 Å². The molecule has 0 radical (unpaired) electrons. The molecule has 0 aromatic rings. The van der Waals surface area contributed by atoms with E-state index in [1.807, 2.05) is 0 Å². The maximum atomic E-state index is 6.31. The molecule has 3 aliphatic rings. The highest BCUT2D eigenvalue weighted by molar-refractivity contribution is 6.21. The zero-order chi connectivity index (χ0) is 11.6. The summed E-state index contributed by atoms with van der Waals surface area (Å²) in [5.41, 5.74) is 0.886. The van der Waals surface area contributed by atoms with Gasteiger partial charge in [0.25, 0.3) is 0 Å². The summed E-state index contributed by atoms with van der Waals surface area (Å²) < 4.78 is 6.31. The Kier molecular flexibility index (Phi) is 2.40. The number of hydrogen-bond acceptors (Lipinski definition) is 1. The van der Waals surface area contributed by atoms with Crippen LogP contribution >= 0.6 is 11.6 Å². The summed E-state index contributed by atoms with van der Waals surface area (Å²) in [5, 5.41) is 0.379. The average molecular weight is 243 g/mol. The van der Waals surface area contributed by atoms with E-state index in [1.54, 1.807) is 0 Å². The topological polar surface area (TPSA) is 9.23 Å². The SMILES string of the molecule is CC1(C)C2CCC1(C)C(OC1CC(Cl)C1)C2. The summed E-state index contributed by atoms with van der Waals surface area (Å²) in [5.74, 6) is 0.884. The van der Waals surface area contributed by atoms with Crippen LogP contribution < -0.4 is 0 Å². The van der Waals surface area contributed by atoms with Gasteiger partial charge < -0.3 is 4.74 Å². The molecule has 3 rings (SSSR count). The molecule has 0 aromatic heterocycles. The van der Waals surface area contributed by atoms with Gasteiger partial charge in [-0.2, -0.15) is 0 Å². The second kappa shape index (κ2) is 3.38. The normalized spacial score (nSPS) is 54.0. The second-order valence-electron chi connectivity index (χ2n) is 6.93. The largest absolute Gasteiger partial charge is 0.374 e. The molecular formula is C14H23ClO. The molecule has 92 valence electrons. The van der Waals surface area contributed by atoms with E-state index in [0.717, 1.165) is 18.8 Å². The molecule has 16 heavy (non-hydrogen) atoms. The van der Waals surface area contributed by atoms with Gasteiger partial charge in [0.2, 0.25) is 0 Å². The quantitative estimate of drug-likeness (QED) is 0.666. The highest BCUT2D eigenvalue weighted by Gasteiger charge is 2.62. The van der Waals surface area contributed by atoms with E-state index in [4.69, 9.17) is 16.3 Å². The number of alkyl halides is 1. The van der Waals surface area contributed by atoms with E-state index >= 15 is 0 Å². The van der Waals surface area contributed by atoms with Crippen LogP contribution in [0, 0.1) is 16.7 Å². The maximum absolute atomic E-state index is 6.31. The Morgan fingerprint density at radius 1 is 1.12 bits per heavy atom. The molecule has 0 aliphatic heterocycles. The van der Waals surface area contributed by atoms with Crippen molar-refractivity contribution >= 4 is 11.6 Å². The molecule has 0 amide bonds. The monoisotopic (exact) mass is 242 g/mol. The summed E-state index contributed by atoms with van der Waals surface area (Å²) in [6.07, 6.45) is 7.14. The van der Waals surface area contributed by atoms with Crippen molar-refractivity contribution in [3.05, 3.63) is 0 Å². The van der Waals surface area contributed by atoms with E-state index in [1.165, 1.54) is 19.3 Å². The van der Waals surface area contributed by atoms with Crippen molar-refractivity contribution in [2.75, 3.05) is 0 Å². The minimum Gasteiger partial charge on any atom is -0.374 e. The van der Waals surface area contributed by atoms with Gasteiger partial charge >= 0.3 is 0 Å². The van der Waals surface area contributed by atoms with Crippen molar-refractivity contribution in [1.82, 2.24) is 0 Å². The first-order valence-corrected chi connectivity index (χ1v) is 7.16. The van der Waals surface area contributed by atoms with Gasteiger partial charge in [-0.25, -0.2) is 0 Å². The van der Waals surface area contributed by atoms with E-state index in [0.29, 0.717) is 28.4 Å². The second-order valence-corrected chi connectivity index (χ2v) is 7.54. The lowest BCUT2D eigenvalue weighted by Gasteiger charge is -2.42. The highest BCUT2D eigenvalue weighted by Crippen LogP contribution is 2.66. The van der Waals surface area contributed by atoms with Gasteiger partial charge in [0.1, 0.15) is 0 Å². The Balaban J connectivity index is 1.70. The van der Waals surface area contributed by atoms with Gasteiger partial charge in [-0.1, -0.05) is 20.8 Å². The van der Waals surface area contributed by atoms with Crippen molar-refractivity contribution in [3.63, 3.8) is 0 Å². The van der Waals surface area contributed by atoms with Crippen molar-refractivity contribution in [1.29, 1.82) is 0 Å². The predicted molar refractivity (Wildman–Crippen MR) is 66.8 cm³/mol. The van der Waals surface area contributed by atoms with Crippen LogP contribution in [0.15, 0.2) is 0 Å². The fourth-order valence-electron chi connectivity index (χ4n) is 4.18. The molecule has 0 saturated heterocycles. The van der Waals surface area contributed by atoms with Gasteiger partial charge in [0.15, 0.2) is 0 Å². The third kappa shape index (κ3) is 1.34. The molecule has 3 unspecified atom stereocenters. The minimum atomic E-state index is 0.379. The standard InChI is InChI=1S/C14H23ClO/c1-13(2)9-4-5-14(13,3)12(6-9)16-11-7-10(15)8-11/h9-12H,4-8H2,1-3H3. The smallest absolute Gasteiger partial charge is 0.0640 e. The summed E-state index contributed by atoms with van der Waals surface area (Å²) in [4.78, 5) is 0. The van der Waals surface area contributed by atoms with E-state index in [9.17, 15) is 0 Å². The van der Waals surface area contributed by atoms with E-state index in [-0.39, 0.29) is 0 Å². The molecule has 3 fully saturated rings. The van der Waals surface area contributed by atoms with Crippen LogP contribution in [0.3, 0.4) is 0 Å². The van der Waals surface area contributed by atoms with Gasteiger partial charge in [0.05, 0.1) is 12.2 Å². The third-order valence-electron chi connectivity index (χ3n) is 6.11. The zero-order valence-corrected chi connectivity index (χ0v) is 11.4. The number of ether oxygens (including phenoxy) is 1.